The number of fused-ring (bicyclic) bond motifs is 1. The number of aromatic nitrogens is 3. The van der Waals surface area contributed by atoms with E-state index in [2.05, 4.69) is 10.3 Å². The number of hydrogen-bond acceptors (Lipinski definition) is 6. The van der Waals surface area contributed by atoms with E-state index in [1.807, 2.05) is 12.1 Å². The van der Waals surface area contributed by atoms with Gasteiger partial charge >= 0.3 is 0 Å². The van der Waals surface area contributed by atoms with Crippen molar-refractivity contribution in [3.8, 4) is 0 Å². The minimum Gasteiger partial charge on any atom is -0.394 e. The van der Waals surface area contributed by atoms with Gasteiger partial charge in [0.05, 0.1) is 12.1 Å². The van der Waals surface area contributed by atoms with E-state index in [0.29, 0.717) is 11.0 Å². The summed E-state index contributed by atoms with van der Waals surface area (Å²) in [6.07, 6.45) is -3.94. The molecule has 96 valence electrons. The van der Waals surface area contributed by atoms with Crippen LogP contribution in [0.4, 0.5) is 0 Å². The maximum Gasteiger partial charge on any atom is 0.181 e. The number of ether oxygens (including phenoxy) is 1. The third-order valence-electron chi connectivity index (χ3n) is 3.14. The normalized spacial score (nSPS) is 32.2. The maximum atomic E-state index is 9.92. The first kappa shape index (κ1) is 11.5. The Balaban J connectivity index is 2.00. The predicted octanol–water partition coefficient (Wildman–Crippen LogP) is -0.957. The lowest BCUT2D eigenvalue weighted by Gasteiger charge is -2.14. The van der Waals surface area contributed by atoms with E-state index in [9.17, 15) is 10.2 Å². The zero-order valence-corrected chi connectivity index (χ0v) is 9.42. The zero-order chi connectivity index (χ0) is 12.7. The number of aliphatic hydroxyl groups is 3. The van der Waals surface area contributed by atoms with Crippen LogP contribution in [0.2, 0.25) is 0 Å². The highest BCUT2D eigenvalue weighted by molar-refractivity contribution is 5.73. The fourth-order valence-electron chi connectivity index (χ4n) is 2.16. The molecule has 1 aromatic carbocycles. The van der Waals surface area contributed by atoms with E-state index in [0.717, 1.165) is 0 Å². The van der Waals surface area contributed by atoms with Crippen LogP contribution in [0, 0.1) is 0 Å². The standard InChI is InChI=1S/C11H13N3O4/c15-5-8-9(16)10(17)11(18-8)14-7-4-2-1-3-6(7)12-13-14/h1-4,8-11,15-17H,5H2/t8-,9-,10-,11+/m1/s1. The number of aliphatic hydroxyl groups excluding tert-OH is 3. The first-order valence-electron chi connectivity index (χ1n) is 5.65. The van der Waals surface area contributed by atoms with Crippen molar-refractivity contribution in [2.75, 3.05) is 6.61 Å². The number of nitrogens with zero attached hydrogens (tertiary/aromatic N) is 3. The highest BCUT2D eigenvalue weighted by atomic mass is 16.6. The smallest absolute Gasteiger partial charge is 0.181 e. The molecule has 1 aliphatic heterocycles. The molecule has 1 fully saturated rings. The summed E-state index contributed by atoms with van der Waals surface area (Å²) in [6.45, 7) is -0.360. The van der Waals surface area contributed by atoms with Crippen LogP contribution in [-0.2, 0) is 4.74 Å². The van der Waals surface area contributed by atoms with Crippen LogP contribution in [0.25, 0.3) is 11.0 Å². The van der Waals surface area contributed by atoms with Crippen molar-refractivity contribution in [2.24, 2.45) is 0 Å². The molecule has 2 heterocycles. The van der Waals surface area contributed by atoms with E-state index in [1.165, 1.54) is 4.68 Å². The average molecular weight is 251 g/mol. The van der Waals surface area contributed by atoms with Gasteiger partial charge in [-0.15, -0.1) is 5.10 Å². The fraction of sp³-hybridized carbons (Fsp3) is 0.455. The molecule has 7 heteroatoms. The molecule has 0 aliphatic carbocycles. The molecule has 2 aromatic rings. The summed E-state index contributed by atoms with van der Waals surface area (Å²) in [7, 11) is 0. The third-order valence-corrected chi connectivity index (χ3v) is 3.14. The Kier molecular flexibility index (Phi) is 2.75. The molecule has 18 heavy (non-hydrogen) atoms. The molecule has 0 spiro atoms. The lowest BCUT2D eigenvalue weighted by molar-refractivity contribution is -0.0572. The second-order valence-corrected chi connectivity index (χ2v) is 4.25. The third kappa shape index (κ3) is 1.60. The Morgan fingerprint density at radius 2 is 2.00 bits per heavy atom. The average Bonchev–Trinajstić information content (AvgIpc) is 2.93. The van der Waals surface area contributed by atoms with Gasteiger partial charge in [-0.2, -0.15) is 0 Å². The van der Waals surface area contributed by atoms with Crippen molar-refractivity contribution in [1.82, 2.24) is 15.0 Å². The molecular weight excluding hydrogens is 238 g/mol. The summed E-state index contributed by atoms with van der Waals surface area (Å²) in [4.78, 5) is 0. The maximum absolute atomic E-state index is 9.92. The van der Waals surface area contributed by atoms with Gasteiger partial charge in [0.2, 0.25) is 0 Å². The first-order valence-corrected chi connectivity index (χ1v) is 5.65. The fourth-order valence-corrected chi connectivity index (χ4v) is 2.16. The van der Waals surface area contributed by atoms with Crippen LogP contribution in [-0.4, -0.2) is 55.2 Å². The molecule has 1 aromatic heterocycles. The minimum absolute atomic E-state index is 0.360. The van der Waals surface area contributed by atoms with Gasteiger partial charge < -0.3 is 20.1 Å². The van der Waals surface area contributed by atoms with E-state index >= 15 is 0 Å². The molecule has 0 amide bonds. The summed E-state index contributed by atoms with van der Waals surface area (Å²) in [5.74, 6) is 0. The molecule has 3 rings (SSSR count). The number of para-hydroxylation sites is 1. The molecule has 7 nitrogen and oxygen atoms in total. The van der Waals surface area contributed by atoms with Crippen LogP contribution in [0.15, 0.2) is 24.3 Å². The summed E-state index contributed by atoms with van der Waals surface area (Å²) < 4.78 is 6.81. The van der Waals surface area contributed by atoms with Gasteiger partial charge in [-0.25, -0.2) is 4.68 Å². The lowest BCUT2D eigenvalue weighted by Crippen LogP contribution is -2.33. The molecule has 0 unspecified atom stereocenters. The molecule has 0 bridgehead atoms. The van der Waals surface area contributed by atoms with Crippen LogP contribution in [0.3, 0.4) is 0 Å². The summed E-state index contributed by atoms with van der Waals surface area (Å²) in [6, 6.07) is 7.24. The predicted molar refractivity (Wildman–Crippen MR) is 60.5 cm³/mol. The monoisotopic (exact) mass is 251 g/mol. The minimum atomic E-state index is -1.15. The molecule has 1 saturated heterocycles. The van der Waals surface area contributed by atoms with Gasteiger partial charge in [-0.1, -0.05) is 17.3 Å². The highest BCUT2D eigenvalue weighted by Crippen LogP contribution is 2.30. The van der Waals surface area contributed by atoms with Gasteiger partial charge in [0.25, 0.3) is 0 Å². The molecule has 4 atom stereocenters. The Hall–Kier alpha value is -1.54. The summed E-state index contributed by atoms with van der Waals surface area (Å²) in [5.41, 5.74) is 1.38. The quantitative estimate of drug-likeness (QED) is 0.635. The zero-order valence-electron chi connectivity index (χ0n) is 9.42. The Labute approximate surface area is 102 Å². The topological polar surface area (TPSA) is 101 Å². The van der Waals surface area contributed by atoms with Gasteiger partial charge in [0.15, 0.2) is 6.23 Å². The van der Waals surface area contributed by atoms with Gasteiger partial charge in [0, 0.05) is 0 Å². The van der Waals surface area contributed by atoms with Crippen molar-refractivity contribution in [3.05, 3.63) is 24.3 Å². The van der Waals surface area contributed by atoms with Crippen LogP contribution in [0.5, 0.6) is 0 Å². The Morgan fingerprint density at radius 3 is 2.72 bits per heavy atom. The van der Waals surface area contributed by atoms with Crippen LogP contribution >= 0.6 is 0 Å². The van der Waals surface area contributed by atoms with Crippen LogP contribution < -0.4 is 0 Å². The largest absolute Gasteiger partial charge is 0.394 e. The second kappa shape index (κ2) is 4.29. The van der Waals surface area contributed by atoms with Gasteiger partial charge in [0.1, 0.15) is 23.8 Å². The van der Waals surface area contributed by atoms with Crippen molar-refractivity contribution in [1.29, 1.82) is 0 Å². The SMILES string of the molecule is OC[C@H]1O[C@H](n2nnc3ccccc32)[C@H](O)[C@@H]1O. The number of benzene rings is 1. The Bertz CT molecular complexity index is 558. The van der Waals surface area contributed by atoms with Crippen molar-refractivity contribution >= 4 is 11.0 Å². The summed E-state index contributed by atoms with van der Waals surface area (Å²) in [5, 5.41) is 36.5. The first-order chi connectivity index (χ1) is 8.72. The van der Waals surface area contributed by atoms with Crippen molar-refractivity contribution in [2.45, 2.75) is 24.5 Å². The summed E-state index contributed by atoms with van der Waals surface area (Å²) >= 11 is 0. The highest BCUT2D eigenvalue weighted by Gasteiger charge is 2.44. The second-order valence-electron chi connectivity index (χ2n) is 4.25. The van der Waals surface area contributed by atoms with Crippen molar-refractivity contribution in [3.63, 3.8) is 0 Å². The van der Waals surface area contributed by atoms with E-state index in [-0.39, 0.29) is 6.61 Å². The lowest BCUT2D eigenvalue weighted by atomic mass is 10.1. The van der Waals surface area contributed by atoms with E-state index in [4.69, 9.17) is 9.84 Å². The van der Waals surface area contributed by atoms with Crippen molar-refractivity contribution < 1.29 is 20.1 Å². The molecule has 1 aliphatic rings. The van der Waals surface area contributed by atoms with E-state index in [1.54, 1.807) is 12.1 Å². The molecule has 0 radical (unpaired) electrons. The molecule has 0 saturated carbocycles. The van der Waals surface area contributed by atoms with E-state index < -0.39 is 24.5 Å². The molecule has 3 N–H and O–H groups in total. The Morgan fingerprint density at radius 1 is 1.22 bits per heavy atom. The van der Waals surface area contributed by atoms with Gasteiger partial charge in [-0.05, 0) is 12.1 Å². The van der Waals surface area contributed by atoms with Crippen LogP contribution in [0.1, 0.15) is 6.23 Å². The van der Waals surface area contributed by atoms with Gasteiger partial charge in [-0.3, -0.25) is 0 Å². The number of hydrogen-bond donors (Lipinski definition) is 3. The number of rotatable bonds is 2. The molecular formula is C11H13N3O4.